The number of hydrogen-bond donors (Lipinski definition) is 3. The number of carbonyl (C=O) groups excluding carboxylic acids is 2. The zero-order valence-corrected chi connectivity index (χ0v) is 23.0. The van der Waals surface area contributed by atoms with Gasteiger partial charge in [-0.1, -0.05) is 71.1 Å². The van der Waals surface area contributed by atoms with Crippen LogP contribution in [0.1, 0.15) is 105 Å². The lowest BCUT2D eigenvalue weighted by Gasteiger charge is -2.20. The Morgan fingerprint density at radius 3 is 1.97 bits per heavy atom. The molecule has 0 aromatic rings. The van der Waals surface area contributed by atoms with Crippen molar-refractivity contribution >= 4 is 19.9 Å². The van der Waals surface area contributed by atoms with Gasteiger partial charge in [0.15, 0.2) is 0 Å². The van der Waals surface area contributed by atoms with E-state index in [-0.39, 0.29) is 26.2 Å². The molecule has 0 aromatic carbocycles. The number of hydrogen-bond acceptors (Lipinski definition) is 8. The largest absolute Gasteiger partial charge is 0.472 e. The lowest BCUT2D eigenvalue weighted by molar-refractivity contribution is -0.147. The molecule has 11 heteroatoms. The second kappa shape index (κ2) is 19.9. The fraction of sp³-hybridized carbons (Fsp3) is 0.917. The van der Waals surface area contributed by atoms with E-state index in [2.05, 4.69) is 16.8 Å². The fourth-order valence-corrected chi connectivity index (χ4v) is 3.85. The summed E-state index contributed by atoms with van der Waals surface area (Å²) in [5.41, 5.74) is -0.660. The summed E-state index contributed by atoms with van der Waals surface area (Å²) in [5.74, 6) is -0.420. The quantitative estimate of drug-likeness (QED) is 0.104. The van der Waals surface area contributed by atoms with Gasteiger partial charge in [0.1, 0.15) is 18.3 Å². The lowest BCUT2D eigenvalue weighted by atomic mass is 10.1. The minimum Gasteiger partial charge on any atom is -0.463 e. The molecule has 0 heterocycles. The number of alkyl carbamates (subject to hydrolysis) is 1. The van der Waals surface area contributed by atoms with Crippen LogP contribution in [0.2, 0.25) is 0 Å². The molecular weight excluding hydrogens is 477 g/mol. The summed E-state index contributed by atoms with van der Waals surface area (Å²) in [7, 11) is -4.43. The lowest BCUT2D eigenvalue weighted by Crippen LogP contribution is -2.34. The molecule has 2 atom stereocenters. The summed E-state index contributed by atoms with van der Waals surface area (Å²) < 4.78 is 31.2. The molecule has 0 spiro atoms. The maximum absolute atomic E-state index is 11.8. The SMILES string of the molecule is CCCCCCCCCCCCCC(=O)OC[C@H](O)COP(=O)(O)OCCNC(=O)OC(C)(C)C. The summed E-state index contributed by atoms with van der Waals surface area (Å²) in [5, 5.41) is 12.2. The van der Waals surface area contributed by atoms with Crippen molar-refractivity contribution in [1.82, 2.24) is 5.32 Å². The molecule has 0 bridgehead atoms. The van der Waals surface area contributed by atoms with E-state index < -0.39 is 38.2 Å². The van der Waals surface area contributed by atoms with Crippen LogP contribution in [0, 0.1) is 0 Å². The molecule has 0 saturated carbocycles. The summed E-state index contributed by atoms with van der Waals surface area (Å²) >= 11 is 0. The van der Waals surface area contributed by atoms with Crippen LogP contribution in [0.3, 0.4) is 0 Å². The molecular formula is C24H48NO9P. The van der Waals surface area contributed by atoms with E-state index in [1.54, 1.807) is 20.8 Å². The van der Waals surface area contributed by atoms with Gasteiger partial charge in [-0.3, -0.25) is 13.8 Å². The van der Waals surface area contributed by atoms with E-state index in [9.17, 15) is 24.2 Å². The number of rotatable bonds is 21. The van der Waals surface area contributed by atoms with Crippen LogP contribution in [0.25, 0.3) is 0 Å². The van der Waals surface area contributed by atoms with Gasteiger partial charge in [0.25, 0.3) is 0 Å². The standard InChI is InChI=1S/C24H48NO9P/c1-5-6-7-8-9-10-11-12-13-14-15-16-22(27)31-19-21(26)20-33-35(29,30)32-18-17-25-23(28)34-24(2,3)4/h21,26H,5-20H2,1-4H3,(H,25,28)(H,29,30)/t21-/m0/s1. The minimum absolute atomic E-state index is 0.0674. The minimum atomic E-state index is -4.43. The Labute approximate surface area is 211 Å². The fourth-order valence-electron chi connectivity index (χ4n) is 3.09. The Hall–Kier alpha value is -1.19. The van der Waals surface area contributed by atoms with Gasteiger partial charge in [0.2, 0.25) is 0 Å². The van der Waals surface area contributed by atoms with Crippen molar-refractivity contribution in [2.45, 2.75) is 116 Å². The van der Waals surface area contributed by atoms with Crippen molar-refractivity contribution in [2.24, 2.45) is 0 Å². The molecule has 0 aliphatic heterocycles. The van der Waals surface area contributed by atoms with Crippen LogP contribution < -0.4 is 5.32 Å². The van der Waals surface area contributed by atoms with Crippen LogP contribution in [0.5, 0.6) is 0 Å². The molecule has 0 radical (unpaired) electrons. The first-order chi connectivity index (χ1) is 16.4. The average molecular weight is 526 g/mol. The van der Waals surface area contributed by atoms with E-state index in [4.69, 9.17) is 14.0 Å². The maximum Gasteiger partial charge on any atom is 0.472 e. The van der Waals surface area contributed by atoms with Crippen LogP contribution in [0.15, 0.2) is 0 Å². The van der Waals surface area contributed by atoms with E-state index in [0.717, 1.165) is 19.3 Å². The van der Waals surface area contributed by atoms with Gasteiger partial charge in [-0.15, -0.1) is 0 Å². The normalized spacial score (nSPS) is 14.2. The van der Waals surface area contributed by atoms with Crippen molar-refractivity contribution in [2.75, 3.05) is 26.4 Å². The maximum atomic E-state index is 11.8. The molecule has 0 fully saturated rings. The second-order valence-electron chi connectivity index (χ2n) is 9.65. The number of esters is 1. The molecule has 0 aromatic heterocycles. The summed E-state index contributed by atoms with van der Waals surface area (Å²) in [4.78, 5) is 32.9. The van der Waals surface area contributed by atoms with Crippen molar-refractivity contribution < 1.29 is 42.7 Å². The van der Waals surface area contributed by atoms with E-state index in [0.29, 0.717) is 0 Å². The van der Waals surface area contributed by atoms with E-state index in [1.807, 2.05) is 0 Å². The van der Waals surface area contributed by atoms with Gasteiger partial charge in [-0.2, -0.15) is 0 Å². The molecule has 0 aliphatic carbocycles. The first-order valence-corrected chi connectivity index (χ1v) is 14.4. The number of aliphatic hydroxyl groups excluding tert-OH is 1. The number of phosphoric ester groups is 1. The molecule has 35 heavy (non-hydrogen) atoms. The number of phosphoric acid groups is 1. The van der Waals surface area contributed by atoms with Crippen LogP contribution in [-0.4, -0.2) is 60.1 Å². The van der Waals surface area contributed by atoms with Crippen molar-refractivity contribution in [3.05, 3.63) is 0 Å². The van der Waals surface area contributed by atoms with Gasteiger partial charge in [0, 0.05) is 13.0 Å². The highest BCUT2D eigenvalue weighted by Gasteiger charge is 2.23. The molecule has 0 saturated heterocycles. The predicted molar refractivity (Wildman–Crippen MR) is 134 cm³/mol. The third-order valence-electron chi connectivity index (χ3n) is 4.88. The Kier molecular flexibility index (Phi) is 19.3. The number of unbranched alkanes of at least 4 members (excludes halogenated alkanes) is 10. The Balaban J connectivity index is 3.71. The summed E-state index contributed by atoms with van der Waals surface area (Å²) in [6, 6.07) is 0. The van der Waals surface area contributed by atoms with E-state index in [1.165, 1.54) is 51.4 Å². The molecule has 10 nitrogen and oxygen atoms in total. The smallest absolute Gasteiger partial charge is 0.463 e. The zero-order chi connectivity index (χ0) is 26.6. The topological polar surface area (TPSA) is 141 Å². The third kappa shape index (κ3) is 24.3. The third-order valence-corrected chi connectivity index (χ3v) is 5.86. The molecule has 208 valence electrons. The predicted octanol–water partition coefficient (Wildman–Crippen LogP) is 5.25. The number of aliphatic hydroxyl groups is 1. The van der Waals surface area contributed by atoms with Crippen molar-refractivity contribution in [1.29, 1.82) is 0 Å². The van der Waals surface area contributed by atoms with Gasteiger partial charge in [-0.25, -0.2) is 9.36 Å². The van der Waals surface area contributed by atoms with Crippen molar-refractivity contribution in [3.63, 3.8) is 0 Å². The Bertz CT molecular complexity index is 610. The number of nitrogens with one attached hydrogen (secondary N) is 1. The van der Waals surface area contributed by atoms with Gasteiger partial charge >= 0.3 is 19.9 Å². The number of carbonyl (C=O) groups is 2. The van der Waals surface area contributed by atoms with Crippen LogP contribution in [-0.2, 0) is 27.9 Å². The molecule has 3 N–H and O–H groups in total. The highest BCUT2D eigenvalue weighted by molar-refractivity contribution is 7.47. The second-order valence-corrected chi connectivity index (χ2v) is 11.1. The summed E-state index contributed by atoms with van der Waals surface area (Å²) in [6.45, 7) is 6.10. The number of ether oxygens (including phenoxy) is 2. The van der Waals surface area contributed by atoms with E-state index >= 15 is 0 Å². The van der Waals surface area contributed by atoms with Gasteiger partial charge < -0.3 is 24.8 Å². The Morgan fingerprint density at radius 2 is 1.43 bits per heavy atom. The Morgan fingerprint density at radius 1 is 0.886 bits per heavy atom. The first kappa shape index (κ1) is 33.8. The molecule has 0 aliphatic rings. The van der Waals surface area contributed by atoms with Crippen LogP contribution >= 0.6 is 7.82 Å². The van der Waals surface area contributed by atoms with Gasteiger partial charge in [0.05, 0.1) is 13.2 Å². The zero-order valence-electron chi connectivity index (χ0n) is 22.1. The van der Waals surface area contributed by atoms with Crippen molar-refractivity contribution in [3.8, 4) is 0 Å². The van der Waals surface area contributed by atoms with Gasteiger partial charge in [-0.05, 0) is 27.2 Å². The average Bonchev–Trinajstić information content (AvgIpc) is 2.76. The van der Waals surface area contributed by atoms with Crippen LogP contribution in [0.4, 0.5) is 4.79 Å². The molecule has 1 amide bonds. The first-order valence-electron chi connectivity index (χ1n) is 12.9. The highest BCUT2D eigenvalue weighted by Crippen LogP contribution is 2.42. The monoisotopic (exact) mass is 525 g/mol. The summed E-state index contributed by atoms with van der Waals surface area (Å²) in [6.07, 6.45) is 11.4. The number of amides is 1. The highest BCUT2D eigenvalue weighted by atomic mass is 31.2. The molecule has 1 unspecified atom stereocenters. The molecule has 0 rings (SSSR count).